The van der Waals surface area contributed by atoms with Crippen molar-refractivity contribution in [3.8, 4) is 5.75 Å². The van der Waals surface area contributed by atoms with Gasteiger partial charge in [0.15, 0.2) is 0 Å². The third-order valence-electron chi connectivity index (χ3n) is 4.44. The average molecular weight is 504 g/mol. The molecule has 0 radical (unpaired) electrons. The Morgan fingerprint density at radius 1 is 0.971 bits per heavy atom. The maximum absolute atomic E-state index is 12.9. The molecular weight excluding hydrogens is 487 g/mol. The number of benzene rings is 3. The van der Waals surface area contributed by atoms with E-state index < -0.39 is 23.6 Å². The number of ether oxygens (including phenoxy) is 1. The van der Waals surface area contributed by atoms with Gasteiger partial charge in [0.1, 0.15) is 5.75 Å². The Hall–Kier alpha value is -4.18. The fourth-order valence-electron chi connectivity index (χ4n) is 2.83. The first-order valence-corrected chi connectivity index (χ1v) is 10.3. The second-order valence-corrected chi connectivity index (χ2v) is 7.54. The smallest absolute Gasteiger partial charge is 0.416 e. The molecular formula is C24H17ClF3N3O4. The highest BCUT2D eigenvalue weighted by Crippen LogP contribution is 2.30. The van der Waals surface area contributed by atoms with Gasteiger partial charge in [-0.1, -0.05) is 17.7 Å². The van der Waals surface area contributed by atoms with Crippen LogP contribution in [0.5, 0.6) is 5.75 Å². The van der Waals surface area contributed by atoms with Gasteiger partial charge in [-0.25, -0.2) is 10.2 Å². The first-order valence-electron chi connectivity index (χ1n) is 9.93. The number of hydrogen-bond acceptors (Lipinski definition) is 5. The molecule has 0 heterocycles. The summed E-state index contributed by atoms with van der Waals surface area (Å²) >= 11 is 5.99. The van der Waals surface area contributed by atoms with Crippen molar-refractivity contribution in [3.63, 3.8) is 0 Å². The minimum absolute atomic E-state index is 0.0329. The van der Waals surface area contributed by atoms with Gasteiger partial charge >= 0.3 is 12.1 Å². The molecule has 11 heteroatoms. The topological polar surface area (TPSA) is 96.9 Å². The van der Waals surface area contributed by atoms with E-state index in [0.29, 0.717) is 11.8 Å². The number of halogens is 4. The number of carbonyl (C=O) groups excluding carboxylic acids is 3. The van der Waals surface area contributed by atoms with E-state index in [4.69, 9.17) is 16.3 Å². The van der Waals surface area contributed by atoms with Crippen LogP contribution in [0.15, 0.2) is 71.8 Å². The Morgan fingerprint density at radius 2 is 1.69 bits per heavy atom. The molecule has 0 aliphatic carbocycles. The molecule has 0 aromatic heterocycles. The molecule has 0 bridgehead atoms. The fourth-order valence-corrected chi connectivity index (χ4v) is 3.01. The maximum Gasteiger partial charge on any atom is 0.416 e. The van der Waals surface area contributed by atoms with Crippen LogP contribution in [0, 0.1) is 0 Å². The Morgan fingerprint density at radius 3 is 2.34 bits per heavy atom. The standard InChI is InChI=1S/C24H17ClF3N3O4/c1-14(32)30-20-8-5-15(6-9-20)22(33)31-29-13-17-12-19(25)7-10-21(17)35-23(34)16-3-2-4-18(11-16)24(26,27)28/h2-13H,1H3,(H,30,32)(H,31,33)/b29-13+. The van der Waals surface area contributed by atoms with E-state index in [1.54, 1.807) is 12.1 Å². The van der Waals surface area contributed by atoms with Crippen molar-refractivity contribution in [3.05, 3.63) is 94.0 Å². The molecule has 3 aromatic carbocycles. The summed E-state index contributed by atoms with van der Waals surface area (Å²) in [6.07, 6.45) is -3.44. The normalized spacial score (nSPS) is 11.2. The summed E-state index contributed by atoms with van der Waals surface area (Å²) in [5, 5.41) is 6.67. The van der Waals surface area contributed by atoms with Crippen LogP contribution >= 0.6 is 11.6 Å². The Kier molecular flexibility index (Phi) is 7.87. The summed E-state index contributed by atoms with van der Waals surface area (Å²) in [4.78, 5) is 35.8. The number of anilines is 1. The highest BCUT2D eigenvalue weighted by atomic mass is 35.5. The lowest BCUT2D eigenvalue weighted by molar-refractivity contribution is -0.137. The number of nitrogens with zero attached hydrogens (tertiary/aromatic N) is 1. The number of esters is 1. The van der Waals surface area contributed by atoms with Gasteiger partial charge in [-0.05, 0) is 60.7 Å². The van der Waals surface area contributed by atoms with Crippen LogP contribution in [0.2, 0.25) is 5.02 Å². The van der Waals surface area contributed by atoms with Gasteiger partial charge in [0, 0.05) is 28.8 Å². The first kappa shape index (κ1) is 25.4. The predicted octanol–water partition coefficient (Wildman–Crippen LogP) is 5.30. The zero-order valence-corrected chi connectivity index (χ0v) is 18.8. The Balaban J connectivity index is 1.72. The summed E-state index contributed by atoms with van der Waals surface area (Å²) in [6.45, 7) is 1.36. The van der Waals surface area contributed by atoms with Crippen molar-refractivity contribution in [2.24, 2.45) is 5.10 Å². The van der Waals surface area contributed by atoms with Gasteiger partial charge in [0.2, 0.25) is 5.91 Å². The third kappa shape index (κ3) is 7.15. The number of carbonyl (C=O) groups is 3. The summed E-state index contributed by atoms with van der Waals surface area (Å²) < 4.78 is 44.0. The fraction of sp³-hybridized carbons (Fsp3) is 0.0833. The van der Waals surface area contributed by atoms with E-state index in [1.165, 1.54) is 49.5 Å². The van der Waals surface area contributed by atoms with E-state index in [9.17, 15) is 27.6 Å². The van der Waals surface area contributed by atoms with Crippen molar-refractivity contribution in [2.75, 3.05) is 5.32 Å². The van der Waals surface area contributed by atoms with Crippen LogP contribution in [-0.4, -0.2) is 24.0 Å². The van der Waals surface area contributed by atoms with Crippen LogP contribution in [0.4, 0.5) is 18.9 Å². The van der Waals surface area contributed by atoms with Crippen LogP contribution in [-0.2, 0) is 11.0 Å². The molecule has 35 heavy (non-hydrogen) atoms. The summed E-state index contributed by atoms with van der Waals surface area (Å²) in [5.41, 5.74) is 1.99. The predicted molar refractivity (Wildman–Crippen MR) is 124 cm³/mol. The molecule has 0 unspecified atom stereocenters. The highest BCUT2D eigenvalue weighted by Gasteiger charge is 2.31. The molecule has 7 nitrogen and oxygen atoms in total. The van der Waals surface area contributed by atoms with E-state index in [0.717, 1.165) is 12.1 Å². The number of amides is 2. The van der Waals surface area contributed by atoms with Crippen LogP contribution in [0.1, 0.15) is 38.8 Å². The molecule has 0 saturated heterocycles. The molecule has 3 rings (SSSR count). The number of rotatable bonds is 6. The zero-order chi connectivity index (χ0) is 25.6. The van der Waals surface area contributed by atoms with Gasteiger partial charge in [-0.2, -0.15) is 18.3 Å². The molecule has 2 amide bonds. The maximum atomic E-state index is 12.9. The molecule has 0 aliphatic rings. The van der Waals surface area contributed by atoms with Crippen molar-refractivity contribution in [2.45, 2.75) is 13.1 Å². The minimum atomic E-state index is -4.61. The largest absolute Gasteiger partial charge is 0.422 e. The lowest BCUT2D eigenvalue weighted by atomic mass is 10.1. The van der Waals surface area contributed by atoms with Gasteiger partial charge in [0.25, 0.3) is 5.91 Å². The van der Waals surface area contributed by atoms with Gasteiger partial charge in [-0.3, -0.25) is 9.59 Å². The first-order chi connectivity index (χ1) is 16.5. The average Bonchev–Trinajstić information content (AvgIpc) is 2.80. The van der Waals surface area contributed by atoms with E-state index >= 15 is 0 Å². The van der Waals surface area contributed by atoms with Gasteiger partial charge in [-0.15, -0.1) is 0 Å². The number of alkyl halides is 3. The number of hydrogen-bond donors (Lipinski definition) is 2. The van der Waals surface area contributed by atoms with Crippen molar-refractivity contribution >= 4 is 41.3 Å². The summed E-state index contributed by atoms with van der Waals surface area (Å²) in [7, 11) is 0. The Labute approximate surface area is 202 Å². The van der Waals surface area contributed by atoms with Gasteiger partial charge < -0.3 is 10.1 Å². The number of hydrazone groups is 1. The lowest BCUT2D eigenvalue weighted by Gasteiger charge is -2.10. The molecule has 0 saturated carbocycles. The van der Waals surface area contributed by atoms with E-state index in [1.807, 2.05) is 0 Å². The molecule has 3 aromatic rings. The quantitative estimate of drug-likeness (QED) is 0.206. The second kappa shape index (κ2) is 10.8. The summed E-state index contributed by atoms with van der Waals surface area (Å²) in [5.74, 6) is -1.86. The second-order valence-electron chi connectivity index (χ2n) is 7.11. The summed E-state index contributed by atoms with van der Waals surface area (Å²) in [6, 6.07) is 14.0. The molecule has 2 N–H and O–H groups in total. The molecule has 0 spiro atoms. The van der Waals surface area contributed by atoms with Crippen LogP contribution in [0.3, 0.4) is 0 Å². The molecule has 0 fully saturated rings. The molecule has 0 aliphatic heterocycles. The van der Waals surface area contributed by atoms with Crippen molar-refractivity contribution < 1.29 is 32.3 Å². The minimum Gasteiger partial charge on any atom is -0.422 e. The van der Waals surface area contributed by atoms with E-state index in [-0.39, 0.29) is 33.4 Å². The van der Waals surface area contributed by atoms with E-state index in [2.05, 4.69) is 15.8 Å². The third-order valence-corrected chi connectivity index (χ3v) is 4.67. The molecule has 180 valence electrons. The SMILES string of the molecule is CC(=O)Nc1ccc(C(=O)N/N=C/c2cc(Cl)ccc2OC(=O)c2cccc(C(F)(F)F)c2)cc1. The lowest BCUT2D eigenvalue weighted by Crippen LogP contribution is -2.18. The van der Waals surface area contributed by atoms with Crippen molar-refractivity contribution in [1.82, 2.24) is 5.43 Å². The zero-order valence-electron chi connectivity index (χ0n) is 18.0. The van der Waals surface area contributed by atoms with Crippen LogP contribution in [0.25, 0.3) is 0 Å². The Bertz CT molecular complexity index is 1290. The van der Waals surface area contributed by atoms with Gasteiger partial charge in [0.05, 0.1) is 17.3 Å². The molecule has 0 atom stereocenters. The van der Waals surface area contributed by atoms with Crippen molar-refractivity contribution in [1.29, 1.82) is 0 Å². The highest BCUT2D eigenvalue weighted by molar-refractivity contribution is 6.31. The monoisotopic (exact) mass is 503 g/mol. The van der Waals surface area contributed by atoms with Crippen LogP contribution < -0.4 is 15.5 Å². The number of nitrogens with one attached hydrogen (secondary N) is 2.